The molecule has 0 spiro atoms. The van der Waals surface area contributed by atoms with Gasteiger partial charge in [-0.3, -0.25) is 9.59 Å². The fraction of sp³-hybridized carbons (Fsp3) is 0.189. The molecule has 9 nitrogen and oxygen atoms in total. The number of amides is 2. The van der Waals surface area contributed by atoms with Crippen LogP contribution in [0, 0.1) is 0 Å². The topological polar surface area (TPSA) is 109 Å². The first kappa shape index (κ1) is 32.8. The number of aromatic nitrogens is 3. The summed E-state index contributed by atoms with van der Waals surface area (Å²) >= 11 is 12.7. The van der Waals surface area contributed by atoms with E-state index in [-0.39, 0.29) is 19.0 Å². The lowest BCUT2D eigenvalue weighted by Crippen LogP contribution is -2.39. The molecule has 48 heavy (non-hydrogen) atoms. The van der Waals surface area contributed by atoms with Crippen LogP contribution in [0.25, 0.3) is 21.8 Å². The zero-order chi connectivity index (χ0) is 33.8. The monoisotopic (exact) mass is 679 g/mol. The SMILES string of the molecule is CN(C)c1nc(NCc2ccccc2)nc2c1cc(C(=O)N(CC(N)=O)Cc1cccc3ccccc13)n2CCc1ccc(Cl)cc1Cl. The molecule has 4 aromatic carbocycles. The molecule has 0 saturated heterocycles. The number of nitrogens with two attached hydrogens (primary N) is 1. The number of benzene rings is 4. The summed E-state index contributed by atoms with van der Waals surface area (Å²) in [5, 5.41) is 7.15. The maximum Gasteiger partial charge on any atom is 0.271 e. The Bertz CT molecular complexity index is 2110. The minimum Gasteiger partial charge on any atom is -0.368 e. The summed E-state index contributed by atoms with van der Waals surface area (Å²) in [7, 11) is 3.80. The molecule has 0 bridgehead atoms. The second kappa shape index (κ2) is 14.3. The number of hydrogen-bond acceptors (Lipinski definition) is 6. The van der Waals surface area contributed by atoms with E-state index in [9.17, 15) is 9.59 Å². The molecule has 0 saturated carbocycles. The number of carbonyl (C=O) groups excluding carboxylic acids is 2. The van der Waals surface area contributed by atoms with Gasteiger partial charge in [0, 0.05) is 43.8 Å². The molecule has 6 aromatic rings. The van der Waals surface area contributed by atoms with Gasteiger partial charge in [-0.25, -0.2) is 0 Å². The van der Waals surface area contributed by atoms with Crippen LogP contribution in [0.5, 0.6) is 0 Å². The van der Waals surface area contributed by atoms with E-state index >= 15 is 0 Å². The highest BCUT2D eigenvalue weighted by atomic mass is 35.5. The van der Waals surface area contributed by atoms with Gasteiger partial charge in [-0.2, -0.15) is 9.97 Å². The molecule has 0 aliphatic heterocycles. The van der Waals surface area contributed by atoms with Crippen molar-refractivity contribution in [3.05, 3.63) is 129 Å². The molecular formula is C37H35Cl2N7O2. The van der Waals surface area contributed by atoms with E-state index in [0.717, 1.165) is 27.5 Å². The molecule has 0 aliphatic rings. The number of nitrogens with zero attached hydrogens (tertiary/aromatic N) is 5. The fourth-order valence-electron chi connectivity index (χ4n) is 5.85. The van der Waals surface area contributed by atoms with Gasteiger partial charge in [0.2, 0.25) is 11.9 Å². The van der Waals surface area contributed by atoms with Gasteiger partial charge < -0.3 is 25.4 Å². The van der Waals surface area contributed by atoms with Gasteiger partial charge in [0.25, 0.3) is 5.91 Å². The van der Waals surface area contributed by atoms with Gasteiger partial charge in [-0.1, -0.05) is 102 Å². The van der Waals surface area contributed by atoms with E-state index in [1.807, 2.05) is 102 Å². The quantitative estimate of drug-likeness (QED) is 0.145. The maximum atomic E-state index is 14.6. The molecule has 0 radical (unpaired) electrons. The number of fused-ring (bicyclic) bond motifs is 2. The lowest BCUT2D eigenvalue weighted by atomic mass is 10.0. The van der Waals surface area contributed by atoms with Crippen molar-refractivity contribution in [2.24, 2.45) is 5.73 Å². The first-order valence-electron chi connectivity index (χ1n) is 15.5. The van der Waals surface area contributed by atoms with Crippen molar-refractivity contribution in [2.75, 3.05) is 30.9 Å². The molecule has 11 heteroatoms. The number of anilines is 2. The summed E-state index contributed by atoms with van der Waals surface area (Å²) in [5.74, 6) is 0.0943. The van der Waals surface area contributed by atoms with Crippen molar-refractivity contribution in [1.82, 2.24) is 19.4 Å². The molecule has 0 fully saturated rings. The van der Waals surface area contributed by atoms with Crippen LogP contribution in [0.15, 0.2) is 97.1 Å². The second-order valence-corrected chi connectivity index (χ2v) is 12.6. The molecule has 2 amide bonds. The Morgan fingerprint density at radius 3 is 2.35 bits per heavy atom. The average molecular weight is 681 g/mol. The first-order chi connectivity index (χ1) is 23.2. The molecule has 2 aromatic heterocycles. The van der Waals surface area contributed by atoms with Crippen molar-refractivity contribution >= 4 is 68.6 Å². The van der Waals surface area contributed by atoms with Gasteiger partial charge in [0.1, 0.15) is 23.7 Å². The second-order valence-electron chi connectivity index (χ2n) is 11.8. The number of carbonyl (C=O) groups is 2. The summed E-state index contributed by atoms with van der Waals surface area (Å²) in [6, 6.07) is 31.0. The molecular weight excluding hydrogens is 645 g/mol. The molecule has 244 valence electrons. The average Bonchev–Trinajstić information content (AvgIpc) is 3.44. The van der Waals surface area contributed by atoms with Crippen LogP contribution in [0.1, 0.15) is 27.2 Å². The third kappa shape index (κ3) is 7.22. The zero-order valence-corrected chi connectivity index (χ0v) is 28.2. The maximum absolute atomic E-state index is 14.6. The predicted octanol–water partition coefficient (Wildman–Crippen LogP) is 6.94. The zero-order valence-electron chi connectivity index (χ0n) is 26.7. The van der Waals surface area contributed by atoms with Gasteiger partial charge in [0.15, 0.2) is 0 Å². The van der Waals surface area contributed by atoms with Crippen molar-refractivity contribution in [2.45, 2.75) is 26.1 Å². The van der Waals surface area contributed by atoms with Gasteiger partial charge >= 0.3 is 0 Å². The molecule has 0 aliphatic carbocycles. The minimum atomic E-state index is -0.611. The number of hydrogen-bond donors (Lipinski definition) is 2. The van der Waals surface area contributed by atoms with Crippen LogP contribution in [0.4, 0.5) is 11.8 Å². The van der Waals surface area contributed by atoms with E-state index in [1.165, 1.54) is 4.90 Å². The highest BCUT2D eigenvalue weighted by molar-refractivity contribution is 6.35. The van der Waals surface area contributed by atoms with Crippen LogP contribution < -0.4 is 16.0 Å². The van der Waals surface area contributed by atoms with Gasteiger partial charge in [0.05, 0.1) is 5.39 Å². The minimum absolute atomic E-state index is 0.184. The highest BCUT2D eigenvalue weighted by Crippen LogP contribution is 2.31. The summed E-state index contributed by atoms with van der Waals surface area (Å²) in [4.78, 5) is 40.1. The first-order valence-corrected chi connectivity index (χ1v) is 16.3. The van der Waals surface area contributed by atoms with E-state index in [0.29, 0.717) is 58.0 Å². The molecule has 2 heterocycles. The summed E-state index contributed by atoms with van der Waals surface area (Å²) in [6.45, 7) is 0.808. The molecule has 6 rings (SSSR count). The Morgan fingerprint density at radius 2 is 1.60 bits per heavy atom. The predicted molar refractivity (Wildman–Crippen MR) is 194 cm³/mol. The normalized spacial score (nSPS) is 11.2. The Labute approximate surface area is 288 Å². The fourth-order valence-corrected chi connectivity index (χ4v) is 6.36. The smallest absolute Gasteiger partial charge is 0.271 e. The van der Waals surface area contributed by atoms with Crippen LogP contribution in [-0.2, 0) is 30.8 Å². The van der Waals surface area contributed by atoms with E-state index < -0.39 is 5.91 Å². The molecule has 3 N–H and O–H groups in total. The Balaban J connectivity index is 1.45. The number of primary amides is 1. The summed E-state index contributed by atoms with van der Waals surface area (Å²) in [5.41, 5.74) is 9.49. The van der Waals surface area contributed by atoms with Crippen LogP contribution in [0.3, 0.4) is 0 Å². The molecule has 0 unspecified atom stereocenters. The Morgan fingerprint density at radius 1 is 0.854 bits per heavy atom. The van der Waals surface area contributed by atoms with Gasteiger partial charge in [-0.05, 0) is 52.1 Å². The number of aryl methyl sites for hydroxylation is 2. The largest absolute Gasteiger partial charge is 0.368 e. The van der Waals surface area contributed by atoms with Gasteiger partial charge in [-0.15, -0.1) is 0 Å². The van der Waals surface area contributed by atoms with E-state index in [2.05, 4.69) is 5.32 Å². The Kier molecular flexibility index (Phi) is 9.80. The number of rotatable bonds is 12. The third-order valence-electron chi connectivity index (χ3n) is 8.16. The standard InChI is InChI=1S/C37H35Cl2N7O2/c1-44(2)34-30-20-32(36(48)45(23-33(40)47)22-27-13-8-12-25-11-6-7-14-29(25)27)46(18-17-26-15-16-28(38)19-31(26)39)35(30)43-37(42-34)41-21-24-9-4-3-5-10-24/h3-16,19-20H,17-18,21-23H2,1-2H3,(H2,40,47)(H,41,42,43). The third-order valence-corrected chi connectivity index (χ3v) is 8.75. The van der Waals surface area contributed by atoms with E-state index in [1.54, 1.807) is 18.2 Å². The number of halogens is 2. The van der Waals surface area contributed by atoms with Crippen LogP contribution in [-0.4, -0.2) is 51.9 Å². The van der Waals surface area contributed by atoms with Crippen molar-refractivity contribution in [3.8, 4) is 0 Å². The highest BCUT2D eigenvalue weighted by Gasteiger charge is 2.26. The summed E-state index contributed by atoms with van der Waals surface area (Å²) < 4.78 is 1.88. The van der Waals surface area contributed by atoms with Crippen molar-refractivity contribution in [3.63, 3.8) is 0 Å². The van der Waals surface area contributed by atoms with Crippen LogP contribution >= 0.6 is 23.2 Å². The Hall–Kier alpha value is -5.12. The lowest BCUT2D eigenvalue weighted by Gasteiger charge is -2.23. The van der Waals surface area contributed by atoms with Crippen LogP contribution in [0.2, 0.25) is 10.0 Å². The molecule has 0 atom stereocenters. The van der Waals surface area contributed by atoms with Crippen molar-refractivity contribution < 1.29 is 9.59 Å². The van der Waals surface area contributed by atoms with E-state index in [4.69, 9.17) is 38.9 Å². The number of nitrogens with one attached hydrogen (secondary N) is 1. The lowest BCUT2D eigenvalue weighted by molar-refractivity contribution is -0.118. The summed E-state index contributed by atoms with van der Waals surface area (Å²) in [6.07, 6.45) is 0.493. The van der Waals surface area contributed by atoms with Crippen molar-refractivity contribution in [1.29, 1.82) is 0 Å².